The summed E-state index contributed by atoms with van der Waals surface area (Å²) in [6, 6.07) is 0. The average molecular weight is 1080 g/mol. The van der Waals surface area contributed by atoms with Gasteiger partial charge in [0.25, 0.3) is 0 Å². The normalized spacial score (nSPS) is 12.3. The lowest BCUT2D eigenvalue weighted by molar-refractivity contribution is -0.167. The van der Waals surface area contributed by atoms with E-state index in [0.29, 0.717) is 19.3 Å². The van der Waals surface area contributed by atoms with Crippen LogP contribution in [-0.4, -0.2) is 37.2 Å². The summed E-state index contributed by atoms with van der Waals surface area (Å²) in [5.41, 5.74) is 0. The fraction of sp³-hybridized carbons (Fsp3) is 0.845. The summed E-state index contributed by atoms with van der Waals surface area (Å²) in [4.78, 5) is 38.2. The van der Waals surface area contributed by atoms with Crippen LogP contribution in [0.25, 0.3) is 0 Å². The molecule has 0 aromatic rings. The lowest BCUT2D eigenvalue weighted by Crippen LogP contribution is -2.30. The molecule has 1 unspecified atom stereocenters. The van der Waals surface area contributed by atoms with Gasteiger partial charge in [-0.05, 0) is 57.8 Å². The fourth-order valence-electron chi connectivity index (χ4n) is 10.3. The molecule has 0 N–H and O–H groups in total. The van der Waals surface area contributed by atoms with Crippen molar-refractivity contribution in [1.82, 2.24) is 0 Å². The van der Waals surface area contributed by atoms with Crippen LogP contribution in [0.4, 0.5) is 0 Å². The Balaban J connectivity index is 4.06. The summed E-state index contributed by atoms with van der Waals surface area (Å²) < 4.78 is 16.9. The Kier molecular flexibility index (Phi) is 63.6. The molecule has 0 radical (unpaired) electrons. The van der Waals surface area contributed by atoms with Gasteiger partial charge >= 0.3 is 17.9 Å². The molecule has 6 nitrogen and oxygen atoms in total. The number of hydrogen-bond acceptors (Lipinski definition) is 6. The molecule has 0 saturated heterocycles. The maximum absolute atomic E-state index is 12.8. The van der Waals surface area contributed by atoms with Crippen LogP contribution in [0.5, 0.6) is 0 Å². The third kappa shape index (κ3) is 64.1. The topological polar surface area (TPSA) is 78.9 Å². The number of hydrogen-bond donors (Lipinski definition) is 0. The van der Waals surface area contributed by atoms with E-state index in [1.165, 1.54) is 244 Å². The highest BCUT2D eigenvalue weighted by atomic mass is 16.6. The minimum Gasteiger partial charge on any atom is -0.462 e. The highest BCUT2D eigenvalue weighted by molar-refractivity contribution is 5.71. The Morgan fingerprint density at radius 1 is 0.273 bits per heavy atom. The van der Waals surface area contributed by atoms with Crippen LogP contribution in [0, 0.1) is 0 Å². The van der Waals surface area contributed by atoms with Crippen molar-refractivity contribution in [3.05, 3.63) is 48.6 Å². The molecule has 0 aliphatic heterocycles. The molecular formula is C71H130O6. The lowest BCUT2D eigenvalue weighted by Gasteiger charge is -2.18. The van der Waals surface area contributed by atoms with Gasteiger partial charge in [-0.1, -0.05) is 339 Å². The average Bonchev–Trinajstić information content (AvgIpc) is 3.43. The highest BCUT2D eigenvalue weighted by Gasteiger charge is 2.19. The van der Waals surface area contributed by atoms with Crippen molar-refractivity contribution < 1.29 is 28.6 Å². The van der Waals surface area contributed by atoms with E-state index in [1.807, 2.05) is 0 Å². The molecule has 0 aromatic carbocycles. The second-order valence-electron chi connectivity index (χ2n) is 23.1. The van der Waals surface area contributed by atoms with Gasteiger partial charge in [-0.15, -0.1) is 0 Å². The monoisotopic (exact) mass is 1080 g/mol. The smallest absolute Gasteiger partial charge is 0.306 e. The van der Waals surface area contributed by atoms with Crippen molar-refractivity contribution in [3.8, 4) is 0 Å². The molecule has 0 spiro atoms. The molecule has 0 aliphatic rings. The first-order valence-corrected chi connectivity index (χ1v) is 34.1. The number of rotatable bonds is 63. The Morgan fingerprint density at radius 2 is 0.506 bits per heavy atom. The summed E-state index contributed by atoms with van der Waals surface area (Å²) in [6.07, 6.45) is 83.2. The Labute approximate surface area is 479 Å². The molecule has 0 amide bonds. The van der Waals surface area contributed by atoms with Crippen LogP contribution >= 0.6 is 0 Å². The number of esters is 3. The Bertz CT molecular complexity index is 1330. The standard InChI is InChI=1S/C71H130O6/c1-4-7-10-13-16-19-22-24-26-27-28-29-30-31-32-33-34-35-36-37-38-39-40-41-42-43-45-46-49-52-55-58-61-64-70(73)76-67-68(66-75-69(72)63-60-57-54-51-48-21-18-15-12-9-6-3)77-71(74)65-62-59-56-53-50-47-44-25-23-20-17-14-11-8-5-2/h8,11,17,20,25,44,50,53,68H,4-7,9-10,12-16,18-19,21-24,26-43,45-49,51-52,54-67H2,1-3H3/b11-8-,20-17-,44-25-,53-50-. The van der Waals surface area contributed by atoms with Crippen LogP contribution in [0.2, 0.25) is 0 Å². The van der Waals surface area contributed by atoms with E-state index in [9.17, 15) is 14.4 Å². The van der Waals surface area contributed by atoms with Crippen LogP contribution in [0.1, 0.15) is 367 Å². The zero-order valence-electron chi connectivity index (χ0n) is 51.7. The third-order valence-electron chi connectivity index (χ3n) is 15.3. The van der Waals surface area contributed by atoms with Gasteiger partial charge < -0.3 is 14.2 Å². The number of carbonyl (C=O) groups is 3. The van der Waals surface area contributed by atoms with Crippen molar-refractivity contribution in [1.29, 1.82) is 0 Å². The van der Waals surface area contributed by atoms with Gasteiger partial charge in [0.1, 0.15) is 13.2 Å². The van der Waals surface area contributed by atoms with Gasteiger partial charge in [-0.25, -0.2) is 0 Å². The highest BCUT2D eigenvalue weighted by Crippen LogP contribution is 2.19. The van der Waals surface area contributed by atoms with Crippen LogP contribution < -0.4 is 0 Å². The molecule has 6 heteroatoms. The summed E-state index contributed by atoms with van der Waals surface area (Å²) in [6.45, 7) is 6.54. The maximum atomic E-state index is 12.8. The number of allylic oxidation sites excluding steroid dienone is 8. The van der Waals surface area contributed by atoms with E-state index in [0.717, 1.165) is 77.0 Å². The minimum atomic E-state index is -0.792. The van der Waals surface area contributed by atoms with E-state index >= 15 is 0 Å². The second kappa shape index (κ2) is 65.9. The largest absolute Gasteiger partial charge is 0.462 e. The molecule has 450 valence electrons. The minimum absolute atomic E-state index is 0.0854. The van der Waals surface area contributed by atoms with Gasteiger partial charge in [0.15, 0.2) is 6.10 Å². The summed E-state index contributed by atoms with van der Waals surface area (Å²) in [5, 5.41) is 0. The van der Waals surface area contributed by atoms with Crippen molar-refractivity contribution in [2.24, 2.45) is 0 Å². The predicted molar refractivity (Wildman–Crippen MR) is 335 cm³/mol. The Hall–Kier alpha value is -2.63. The molecule has 0 aromatic heterocycles. The van der Waals surface area contributed by atoms with Crippen molar-refractivity contribution >= 4 is 17.9 Å². The van der Waals surface area contributed by atoms with Crippen molar-refractivity contribution in [3.63, 3.8) is 0 Å². The van der Waals surface area contributed by atoms with E-state index in [4.69, 9.17) is 14.2 Å². The zero-order valence-corrected chi connectivity index (χ0v) is 51.7. The summed E-state index contributed by atoms with van der Waals surface area (Å²) in [5.74, 6) is -0.908. The quantitative estimate of drug-likeness (QED) is 0.0261. The number of carbonyl (C=O) groups excluding carboxylic acids is 3. The Morgan fingerprint density at radius 3 is 0.792 bits per heavy atom. The third-order valence-corrected chi connectivity index (χ3v) is 15.3. The summed E-state index contributed by atoms with van der Waals surface area (Å²) in [7, 11) is 0. The molecule has 0 aliphatic carbocycles. The molecule has 0 fully saturated rings. The van der Waals surface area contributed by atoms with Gasteiger partial charge in [0, 0.05) is 19.3 Å². The van der Waals surface area contributed by atoms with Crippen molar-refractivity contribution in [2.75, 3.05) is 13.2 Å². The van der Waals surface area contributed by atoms with Crippen LogP contribution in [0.15, 0.2) is 48.6 Å². The molecule has 0 bridgehead atoms. The van der Waals surface area contributed by atoms with Crippen LogP contribution in [0.3, 0.4) is 0 Å². The number of ether oxygens (including phenoxy) is 3. The molecule has 0 rings (SSSR count). The zero-order chi connectivity index (χ0) is 55.7. The van der Waals surface area contributed by atoms with Gasteiger partial charge in [-0.2, -0.15) is 0 Å². The molecule has 1 atom stereocenters. The van der Waals surface area contributed by atoms with Gasteiger partial charge in [0.2, 0.25) is 0 Å². The number of unbranched alkanes of at least 4 members (excludes halogenated alkanes) is 44. The van der Waals surface area contributed by atoms with E-state index in [1.54, 1.807) is 0 Å². The SMILES string of the molecule is CC/C=C\C/C=C\C/C=C\C/C=C\CCCCC(=O)OC(COC(=O)CCCCCCCCCCCCC)COC(=O)CCCCCCCCCCCCCCCCCCCCCCCCCCCCCCCCCCC. The molecule has 77 heavy (non-hydrogen) atoms. The van der Waals surface area contributed by atoms with Crippen molar-refractivity contribution in [2.45, 2.75) is 374 Å². The fourth-order valence-corrected chi connectivity index (χ4v) is 10.3. The first kappa shape index (κ1) is 74.4. The van der Waals surface area contributed by atoms with Gasteiger partial charge in [0.05, 0.1) is 0 Å². The molecule has 0 heterocycles. The first-order valence-electron chi connectivity index (χ1n) is 34.1. The van der Waals surface area contributed by atoms with Crippen LogP contribution in [-0.2, 0) is 28.6 Å². The second-order valence-corrected chi connectivity index (χ2v) is 23.1. The predicted octanol–water partition coefficient (Wildman–Crippen LogP) is 23.3. The van der Waals surface area contributed by atoms with E-state index in [-0.39, 0.29) is 37.5 Å². The molecular weight excluding hydrogens is 949 g/mol. The summed E-state index contributed by atoms with van der Waals surface area (Å²) >= 11 is 0. The first-order chi connectivity index (χ1) is 38.0. The van der Waals surface area contributed by atoms with E-state index in [2.05, 4.69) is 69.4 Å². The lowest BCUT2D eigenvalue weighted by atomic mass is 10.0. The van der Waals surface area contributed by atoms with E-state index < -0.39 is 6.10 Å². The maximum Gasteiger partial charge on any atom is 0.306 e. The molecule has 0 saturated carbocycles. The van der Waals surface area contributed by atoms with Gasteiger partial charge in [-0.3, -0.25) is 14.4 Å².